The summed E-state index contributed by atoms with van der Waals surface area (Å²) in [4.78, 5) is 2.21. The van der Waals surface area contributed by atoms with Gasteiger partial charge in [-0.15, -0.1) is 26.3 Å². The quantitative estimate of drug-likeness (QED) is 0.0825. The number of para-hydroxylation sites is 2. The molecule has 0 N–H and O–H groups in total. The molecule has 0 saturated carbocycles. The predicted octanol–water partition coefficient (Wildman–Crippen LogP) is 8.26. The first-order valence-electron chi connectivity index (χ1n) is 14.8. The fourth-order valence-corrected chi connectivity index (χ4v) is 4.51. The molecule has 0 amide bonds. The molecular formula is C35H47N2O4+. The predicted molar refractivity (Wildman–Crippen MR) is 171 cm³/mol. The van der Waals surface area contributed by atoms with E-state index in [-0.39, 0.29) is 0 Å². The van der Waals surface area contributed by atoms with Gasteiger partial charge in [0.05, 0.1) is 26.4 Å². The van der Waals surface area contributed by atoms with Crippen LogP contribution >= 0.6 is 0 Å². The highest BCUT2D eigenvalue weighted by Crippen LogP contribution is 2.41. The normalized spacial score (nSPS) is 12.4. The second kappa shape index (κ2) is 18.4. The lowest BCUT2D eigenvalue weighted by molar-refractivity contribution is -0.425. The maximum atomic E-state index is 6.27. The third kappa shape index (κ3) is 9.89. The van der Waals surface area contributed by atoms with Gasteiger partial charge >= 0.3 is 0 Å². The SMILES string of the molecule is C=CCCCOc1cccc(OCCCC=C)c1N1C=[N+](c2c(OCCCC=C)cccc2OCCCC=C)CC1. The number of unbranched alkanes of at least 4 members (excludes halogenated alkanes) is 4. The van der Waals surface area contributed by atoms with Crippen LogP contribution in [0.5, 0.6) is 23.0 Å². The molecule has 6 heteroatoms. The Morgan fingerprint density at radius 1 is 0.610 bits per heavy atom. The highest BCUT2D eigenvalue weighted by Gasteiger charge is 2.32. The molecule has 3 rings (SSSR count). The molecule has 1 aliphatic rings. The van der Waals surface area contributed by atoms with Crippen molar-refractivity contribution in [2.24, 2.45) is 0 Å². The summed E-state index contributed by atoms with van der Waals surface area (Å²) in [5, 5.41) is 0. The lowest BCUT2D eigenvalue weighted by Crippen LogP contribution is -2.20. The van der Waals surface area contributed by atoms with Crippen molar-refractivity contribution in [2.75, 3.05) is 44.4 Å². The number of anilines is 1. The summed E-state index contributed by atoms with van der Waals surface area (Å²) in [6.07, 6.45) is 17.1. The molecule has 0 saturated heterocycles. The number of rotatable bonds is 22. The van der Waals surface area contributed by atoms with Gasteiger partial charge in [0.1, 0.15) is 13.1 Å². The van der Waals surface area contributed by atoms with Crippen molar-refractivity contribution in [2.45, 2.75) is 51.4 Å². The smallest absolute Gasteiger partial charge is 0.245 e. The van der Waals surface area contributed by atoms with E-state index in [1.807, 2.05) is 60.7 Å². The van der Waals surface area contributed by atoms with Crippen molar-refractivity contribution in [3.8, 4) is 23.0 Å². The van der Waals surface area contributed by atoms with E-state index in [0.717, 1.165) is 98.8 Å². The summed E-state index contributed by atoms with van der Waals surface area (Å²) in [7, 11) is 0. The van der Waals surface area contributed by atoms with Crippen molar-refractivity contribution in [3.05, 3.63) is 87.0 Å². The van der Waals surface area contributed by atoms with Gasteiger partial charge in [-0.1, -0.05) is 36.4 Å². The maximum absolute atomic E-state index is 6.27. The van der Waals surface area contributed by atoms with Gasteiger partial charge < -0.3 is 18.9 Å². The Morgan fingerprint density at radius 2 is 1.00 bits per heavy atom. The highest BCUT2D eigenvalue weighted by molar-refractivity contribution is 5.85. The first-order chi connectivity index (χ1) is 20.2. The van der Waals surface area contributed by atoms with Gasteiger partial charge in [-0.25, -0.2) is 9.48 Å². The molecule has 1 heterocycles. The van der Waals surface area contributed by atoms with Crippen molar-refractivity contribution >= 4 is 17.7 Å². The molecular weight excluding hydrogens is 512 g/mol. The van der Waals surface area contributed by atoms with Crippen molar-refractivity contribution in [1.29, 1.82) is 0 Å². The van der Waals surface area contributed by atoms with Crippen LogP contribution in [0.2, 0.25) is 0 Å². The lowest BCUT2D eigenvalue weighted by Gasteiger charge is -2.17. The number of nitrogens with zero attached hydrogens (tertiary/aromatic N) is 2. The second-order valence-electron chi connectivity index (χ2n) is 9.83. The van der Waals surface area contributed by atoms with E-state index in [1.165, 1.54) is 0 Å². The van der Waals surface area contributed by atoms with Crippen LogP contribution < -0.4 is 23.8 Å². The van der Waals surface area contributed by atoms with Crippen molar-refractivity contribution < 1.29 is 23.5 Å². The summed E-state index contributed by atoms with van der Waals surface area (Å²) >= 11 is 0. The van der Waals surface area contributed by atoms with E-state index >= 15 is 0 Å². The Bertz CT molecular complexity index is 1090. The summed E-state index contributed by atoms with van der Waals surface area (Å²) in [5.41, 5.74) is 1.87. The van der Waals surface area contributed by atoms with Crippen LogP contribution in [0, 0.1) is 0 Å². The summed E-state index contributed by atoms with van der Waals surface area (Å²) < 4.78 is 27.3. The zero-order valence-corrected chi connectivity index (χ0v) is 24.6. The van der Waals surface area contributed by atoms with Crippen LogP contribution in [0.4, 0.5) is 11.4 Å². The van der Waals surface area contributed by atoms with E-state index in [4.69, 9.17) is 18.9 Å². The highest BCUT2D eigenvalue weighted by atomic mass is 16.5. The van der Waals surface area contributed by atoms with E-state index in [9.17, 15) is 0 Å². The minimum Gasteiger partial charge on any atom is -0.489 e. The molecule has 6 nitrogen and oxygen atoms in total. The lowest BCUT2D eigenvalue weighted by atomic mass is 10.2. The van der Waals surface area contributed by atoms with Gasteiger partial charge in [0, 0.05) is 0 Å². The van der Waals surface area contributed by atoms with Crippen molar-refractivity contribution in [3.63, 3.8) is 0 Å². The number of allylic oxidation sites excluding steroid dienone is 4. The zero-order valence-electron chi connectivity index (χ0n) is 24.6. The van der Waals surface area contributed by atoms with E-state index in [1.54, 1.807) is 0 Å². The Morgan fingerprint density at radius 3 is 1.41 bits per heavy atom. The minimum absolute atomic E-state index is 0.612. The average molecular weight is 560 g/mol. The Balaban J connectivity index is 1.94. The molecule has 1 aliphatic heterocycles. The Hall–Kier alpha value is -3.93. The fraction of sp³-hybridized carbons (Fsp3) is 0.400. The fourth-order valence-electron chi connectivity index (χ4n) is 4.51. The van der Waals surface area contributed by atoms with E-state index < -0.39 is 0 Å². The molecule has 0 spiro atoms. The molecule has 0 bridgehead atoms. The Labute approximate surface area is 246 Å². The van der Waals surface area contributed by atoms with Crippen molar-refractivity contribution in [1.82, 2.24) is 0 Å². The summed E-state index contributed by atoms with van der Waals surface area (Å²) in [5.74, 6) is 3.23. The van der Waals surface area contributed by atoms with Gasteiger partial charge in [-0.3, -0.25) is 0 Å². The van der Waals surface area contributed by atoms with Gasteiger partial charge in [0.15, 0.2) is 23.0 Å². The van der Waals surface area contributed by atoms with Crippen LogP contribution in [0.25, 0.3) is 0 Å². The van der Waals surface area contributed by atoms with Gasteiger partial charge in [0.25, 0.3) is 0 Å². The molecule has 0 fully saturated rings. The molecule has 0 atom stereocenters. The molecule has 0 aromatic heterocycles. The number of hydrogen-bond acceptors (Lipinski definition) is 5. The topological polar surface area (TPSA) is 43.2 Å². The monoisotopic (exact) mass is 559 g/mol. The van der Waals surface area contributed by atoms with Gasteiger partial charge in [-0.2, -0.15) is 0 Å². The maximum Gasteiger partial charge on any atom is 0.245 e. The first kappa shape index (κ1) is 31.6. The molecule has 0 aliphatic carbocycles. The van der Waals surface area contributed by atoms with Crippen LogP contribution in [-0.2, 0) is 0 Å². The van der Waals surface area contributed by atoms with E-state index in [0.29, 0.717) is 26.4 Å². The zero-order chi connectivity index (χ0) is 29.1. The second-order valence-corrected chi connectivity index (χ2v) is 9.83. The number of ether oxygens (including phenoxy) is 4. The summed E-state index contributed by atoms with van der Waals surface area (Å²) in [6, 6.07) is 12.0. The summed E-state index contributed by atoms with van der Waals surface area (Å²) in [6.45, 7) is 19.3. The number of hydrogen-bond donors (Lipinski definition) is 0. The van der Waals surface area contributed by atoms with Crippen LogP contribution in [0.1, 0.15) is 51.4 Å². The molecule has 2 aromatic carbocycles. The third-order valence-electron chi connectivity index (χ3n) is 6.60. The number of benzene rings is 2. The molecule has 41 heavy (non-hydrogen) atoms. The molecule has 0 unspecified atom stereocenters. The Kier molecular flexibility index (Phi) is 14.2. The molecule has 0 radical (unpaired) electrons. The largest absolute Gasteiger partial charge is 0.489 e. The van der Waals surface area contributed by atoms with Gasteiger partial charge in [0.2, 0.25) is 17.7 Å². The first-order valence-corrected chi connectivity index (χ1v) is 14.8. The molecule has 2 aromatic rings. The van der Waals surface area contributed by atoms with E-state index in [2.05, 4.69) is 42.1 Å². The molecule has 220 valence electrons. The van der Waals surface area contributed by atoms with Crippen LogP contribution in [0.3, 0.4) is 0 Å². The third-order valence-corrected chi connectivity index (χ3v) is 6.60. The average Bonchev–Trinajstić information content (AvgIpc) is 3.47. The van der Waals surface area contributed by atoms with Crippen LogP contribution in [0.15, 0.2) is 87.0 Å². The minimum atomic E-state index is 0.612. The standard InChI is InChI=1S/C35H47N2O4/c1-5-9-13-25-38-30-19-17-20-31(39-26-14-10-6-2)34(30)36-23-24-37(29-36)35-32(40-27-15-11-7-3)21-18-22-33(35)41-28-16-12-8-4/h5-8,17-22,29H,1-4,9-16,23-28H2/q+1. The van der Waals surface area contributed by atoms with Gasteiger partial charge in [-0.05, 0) is 75.6 Å². The van der Waals surface area contributed by atoms with Crippen LogP contribution in [-0.4, -0.2) is 50.4 Å².